The van der Waals surface area contributed by atoms with Crippen LogP contribution >= 0.6 is 0 Å². The number of hydrogen-bond acceptors (Lipinski definition) is 6. The maximum absolute atomic E-state index is 12.8. The van der Waals surface area contributed by atoms with Crippen LogP contribution in [0.2, 0.25) is 0 Å². The van der Waals surface area contributed by atoms with Gasteiger partial charge in [0, 0.05) is 13.1 Å². The molecule has 0 bridgehead atoms. The van der Waals surface area contributed by atoms with Crippen LogP contribution in [0.3, 0.4) is 0 Å². The fourth-order valence-electron chi connectivity index (χ4n) is 3.08. The number of aliphatic hydroxyl groups is 1. The molecule has 1 saturated heterocycles. The van der Waals surface area contributed by atoms with E-state index in [-0.39, 0.29) is 30.9 Å². The number of amides is 1. The van der Waals surface area contributed by atoms with Crippen LogP contribution in [-0.2, 0) is 9.53 Å². The smallest absolute Gasteiger partial charge is 0.387 e. The number of alkyl halides is 2. The fraction of sp³-hybridized carbons (Fsp3) is 0.579. The third kappa shape index (κ3) is 5.87. The molecular weight excluding hydrogens is 374 g/mol. The number of carbonyl (C=O) groups excluding carboxylic acids is 2. The number of likely N-dealkylation sites (N-methyl/N-ethyl adjacent to an activating group) is 1. The summed E-state index contributed by atoms with van der Waals surface area (Å²) in [6, 6.07) is 5.23. The SMILES string of the molecule is CN(CC(=O)OC(C)(C)C)[C@@H]1CN(C(=O)c2ccccc2OC(F)F)C[C@H]1O. The molecule has 0 unspecified atom stereocenters. The molecule has 0 aliphatic carbocycles. The zero-order chi connectivity index (χ0) is 21.1. The summed E-state index contributed by atoms with van der Waals surface area (Å²) >= 11 is 0. The summed E-state index contributed by atoms with van der Waals surface area (Å²) in [6.45, 7) is 2.34. The van der Waals surface area contributed by atoms with Gasteiger partial charge in [0.05, 0.1) is 24.3 Å². The Balaban J connectivity index is 2.05. The molecule has 2 rings (SSSR count). The second-order valence-electron chi connectivity index (χ2n) is 7.72. The molecule has 7 nitrogen and oxygen atoms in total. The average molecular weight is 400 g/mol. The van der Waals surface area contributed by atoms with Gasteiger partial charge < -0.3 is 19.5 Å². The topological polar surface area (TPSA) is 79.3 Å². The van der Waals surface area contributed by atoms with Gasteiger partial charge in [-0.15, -0.1) is 0 Å². The van der Waals surface area contributed by atoms with E-state index in [4.69, 9.17) is 4.74 Å². The van der Waals surface area contributed by atoms with Gasteiger partial charge in [-0.1, -0.05) is 12.1 Å². The molecule has 28 heavy (non-hydrogen) atoms. The van der Waals surface area contributed by atoms with E-state index < -0.39 is 36.2 Å². The van der Waals surface area contributed by atoms with E-state index in [1.54, 1.807) is 38.8 Å². The molecule has 1 aliphatic heterocycles. The molecule has 0 aromatic heterocycles. The number of esters is 1. The number of aliphatic hydroxyl groups excluding tert-OH is 1. The highest BCUT2D eigenvalue weighted by molar-refractivity contribution is 5.97. The first-order valence-corrected chi connectivity index (χ1v) is 8.91. The Labute approximate surface area is 162 Å². The van der Waals surface area contributed by atoms with Crippen molar-refractivity contribution < 1.29 is 33.0 Å². The first-order valence-electron chi connectivity index (χ1n) is 8.91. The molecule has 0 saturated carbocycles. The maximum atomic E-state index is 12.8. The summed E-state index contributed by atoms with van der Waals surface area (Å²) in [6.07, 6.45) is -0.889. The third-order valence-electron chi connectivity index (χ3n) is 4.24. The Kier molecular flexibility index (Phi) is 6.95. The third-order valence-corrected chi connectivity index (χ3v) is 4.24. The Morgan fingerprint density at radius 3 is 2.54 bits per heavy atom. The molecule has 156 valence electrons. The monoisotopic (exact) mass is 400 g/mol. The summed E-state index contributed by atoms with van der Waals surface area (Å²) in [5, 5.41) is 10.3. The van der Waals surface area contributed by atoms with Gasteiger partial charge in [-0.25, -0.2) is 0 Å². The standard InChI is InChI=1S/C19H26F2N2O5/c1-19(2,3)28-16(25)11-22(4)13-9-23(10-14(13)24)17(26)12-7-5-6-8-15(12)27-18(20)21/h5-8,13-14,18,24H,9-11H2,1-4H3/t13-,14-/m1/s1. The maximum Gasteiger partial charge on any atom is 0.387 e. The normalized spacial score (nSPS) is 20.0. The van der Waals surface area contributed by atoms with Crippen molar-refractivity contribution in [2.75, 3.05) is 26.7 Å². The van der Waals surface area contributed by atoms with Crippen LogP contribution in [0, 0.1) is 0 Å². The van der Waals surface area contributed by atoms with Crippen molar-refractivity contribution in [2.45, 2.75) is 45.1 Å². The zero-order valence-corrected chi connectivity index (χ0v) is 16.4. The zero-order valence-electron chi connectivity index (χ0n) is 16.4. The predicted molar refractivity (Wildman–Crippen MR) is 97.2 cm³/mol. The largest absolute Gasteiger partial charge is 0.459 e. The van der Waals surface area contributed by atoms with Crippen molar-refractivity contribution in [1.82, 2.24) is 9.80 Å². The van der Waals surface area contributed by atoms with Crippen LogP contribution in [0.1, 0.15) is 31.1 Å². The summed E-state index contributed by atoms with van der Waals surface area (Å²) in [7, 11) is 1.65. The summed E-state index contributed by atoms with van der Waals surface area (Å²) < 4.78 is 34.8. The van der Waals surface area contributed by atoms with Crippen molar-refractivity contribution in [3.05, 3.63) is 29.8 Å². The molecule has 1 amide bonds. The second-order valence-corrected chi connectivity index (χ2v) is 7.72. The number of ether oxygens (including phenoxy) is 2. The van der Waals surface area contributed by atoms with Gasteiger partial charge >= 0.3 is 12.6 Å². The lowest BCUT2D eigenvalue weighted by Gasteiger charge is -2.27. The fourth-order valence-corrected chi connectivity index (χ4v) is 3.08. The van der Waals surface area contributed by atoms with Crippen molar-refractivity contribution >= 4 is 11.9 Å². The molecule has 1 N–H and O–H groups in total. The van der Waals surface area contributed by atoms with E-state index in [9.17, 15) is 23.5 Å². The Morgan fingerprint density at radius 2 is 1.93 bits per heavy atom. The minimum Gasteiger partial charge on any atom is -0.459 e. The molecular formula is C19H26F2N2O5. The molecule has 0 radical (unpaired) electrons. The summed E-state index contributed by atoms with van der Waals surface area (Å²) in [5.74, 6) is -1.19. The van der Waals surface area contributed by atoms with Crippen molar-refractivity contribution in [3.63, 3.8) is 0 Å². The van der Waals surface area contributed by atoms with Crippen LogP contribution < -0.4 is 4.74 Å². The highest BCUT2D eigenvalue weighted by atomic mass is 19.3. The lowest BCUT2D eigenvalue weighted by atomic mass is 10.1. The number of carbonyl (C=O) groups is 2. The minimum atomic E-state index is -3.05. The number of nitrogens with zero attached hydrogens (tertiary/aromatic N) is 2. The van der Waals surface area contributed by atoms with Crippen molar-refractivity contribution in [1.29, 1.82) is 0 Å². The molecule has 9 heteroatoms. The van der Waals surface area contributed by atoms with Crippen LogP contribution in [0.15, 0.2) is 24.3 Å². The molecule has 1 heterocycles. The van der Waals surface area contributed by atoms with Gasteiger partial charge in [-0.2, -0.15) is 8.78 Å². The van der Waals surface area contributed by atoms with Gasteiger partial charge in [0.25, 0.3) is 5.91 Å². The van der Waals surface area contributed by atoms with Crippen molar-refractivity contribution in [2.24, 2.45) is 0 Å². The first-order chi connectivity index (χ1) is 13.0. The highest BCUT2D eigenvalue weighted by Crippen LogP contribution is 2.25. The Hall–Kier alpha value is -2.26. The molecule has 1 fully saturated rings. The number of para-hydroxylation sites is 1. The molecule has 1 aliphatic rings. The molecule has 2 atom stereocenters. The van der Waals surface area contributed by atoms with Crippen LogP contribution in [0.5, 0.6) is 5.75 Å². The molecule has 1 aromatic rings. The Morgan fingerprint density at radius 1 is 1.29 bits per heavy atom. The second kappa shape index (κ2) is 8.83. The number of rotatable bonds is 6. The highest BCUT2D eigenvalue weighted by Gasteiger charge is 2.38. The molecule has 0 spiro atoms. The lowest BCUT2D eigenvalue weighted by Crippen LogP contribution is -2.44. The van der Waals surface area contributed by atoms with Gasteiger partial charge in [0.15, 0.2) is 0 Å². The number of β-amino-alcohol motifs (C(OH)–C–C–N with tert-alkyl or cyclic N) is 1. The van der Waals surface area contributed by atoms with Gasteiger partial charge in [-0.05, 0) is 40.0 Å². The number of benzene rings is 1. The summed E-state index contributed by atoms with van der Waals surface area (Å²) in [4.78, 5) is 27.7. The average Bonchev–Trinajstić information content (AvgIpc) is 2.94. The van der Waals surface area contributed by atoms with Gasteiger partial charge in [0.2, 0.25) is 0 Å². The van der Waals surface area contributed by atoms with Crippen LogP contribution in [0.4, 0.5) is 8.78 Å². The van der Waals surface area contributed by atoms with Crippen LogP contribution in [0.25, 0.3) is 0 Å². The van der Waals surface area contributed by atoms with E-state index in [1.807, 2.05) is 0 Å². The quantitative estimate of drug-likeness (QED) is 0.733. The Bertz CT molecular complexity index is 708. The molecule has 1 aromatic carbocycles. The van der Waals surface area contributed by atoms with Crippen molar-refractivity contribution in [3.8, 4) is 5.75 Å². The van der Waals surface area contributed by atoms with E-state index in [1.165, 1.54) is 23.1 Å². The van der Waals surface area contributed by atoms with E-state index in [0.29, 0.717) is 0 Å². The van der Waals surface area contributed by atoms with Gasteiger partial charge in [-0.3, -0.25) is 14.5 Å². The lowest BCUT2D eigenvalue weighted by molar-refractivity contribution is -0.156. The van der Waals surface area contributed by atoms with Crippen LogP contribution in [-0.4, -0.2) is 77.8 Å². The van der Waals surface area contributed by atoms with E-state index in [0.717, 1.165) is 0 Å². The predicted octanol–water partition coefficient (Wildman–Crippen LogP) is 1.75. The van der Waals surface area contributed by atoms with Gasteiger partial charge in [0.1, 0.15) is 11.4 Å². The minimum absolute atomic E-state index is 0.00885. The van der Waals surface area contributed by atoms with E-state index in [2.05, 4.69) is 4.74 Å². The number of likely N-dealkylation sites (tertiary alicyclic amines) is 1. The number of halogens is 2. The first kappa shape index (κ1) is 22.0. The van der Waals surface area contributed by atoms with E-state index >= 15 is 0 Å². The summed E-state index contributed by atoms with van der Waals surface area (Å²) in [5.41, 5.74) is -0.631. The number of hydrogen-bond donors (Lipinski definition) is 1.